The van der Waals surface area contributed by atoms with Crippen molar-refractivity contribution >= 4 is 34.8 Å². The van der Waals surface area contributed by atoms with Crippen LogP contribution in [0.15, 0.2) is 72.8 Å². The Kier molecular flexibility index (Phi) is 6.35. The summed E-state index contributed by atoms with van der Waals surface area (Å²) in [5.74, 6) is -0.956. The van der Waals surface area contributed by atoms with E-state index in [4.69, 9.17) is 4.74 Å². The summed E-state index contributed by atoms with van der Waals surface area (Å²) in [5.41, 5.74) is 2.12. The highest BCUT2D eigenvalue weighted by Crippen LogP contribution is 2.36. The fraction of sp³-hybridized carbons (Fsp3) is 0.160. The SMILES string of the molecule is CC1Oc2ccc(NC(=O)Cc3ccc(F)cc3)cc2N(CC(=O)Nc2ccccc2)C1=O. The van der Waals surface area contributed by atoms with Crippen molar-refractivity contribution in [3.8, 4) is 5.75 Å². The number of nitrogens with zero attached hydrogens (tertiary/aromatic N) is 1. The molecule has 168 valence electrons. The van der Waals surface area contributed by atoms with Crippen LogP contribution >= 0.6 is 0 Å². The normalized spacial score (nSPS) is 14.8. The standard InChI is InChI=1S/C25H22FN3O4/c1-16-25(32)29(15-24(31)27-19-5-3-2-4-6-19)21-14-20(11-12-22(21)33-16)28-23(30)13-17-7-9-18(26)10-8-17/h2-12,14,16H,13,15H2,1H3,(H,27,31)(H,28,30). The Morgan fingerprint density at radius 1 is 0.939 bits per heavy atom. The number of amides is 3. The number of para-hydroxylation sites is 1. The van der Waals surface area contributed by atoms with E-state index in [1.807, 2.05) is 6.07 Å². The van der Waals surface area contributed by atoms with Gasteiger partial charge in [0.2, 0.25) is 11.8 Å². The largest absolute Gasteiger partial charge is 0.479 e. The smallest absolute Gasteiger partial charge is 0.268 e. The Morgan fingerprint density at radius 3 is 2.36 bits per heavy atom. The van der Waals surface area contributed by atoms with Crippen LogP contribution in [-0.4, -0.2) is 30.4 Å². The van der Waals surface area contributed by atoms with Crippen molar-refractivity contribution in [1.29, 1.82) is 0 Å². The highest BCUT2D eigenvalue weighted by molar-refractivity contribution is 6.06. The lowest BCUT2D eigenvalue weighted by Crippen LogP contribution is -2.47. The monoisotopic (exact) mass is 447 g/mol. The van der Waals surface area contributed by atoms with Gasteiger partial charge in [-0.2, -0.15) is 0 Å². The number of hydrogen-bond acceptors (Lipinski definition) is 4. The quantitative estimate of drug-likeness (QED) is 0.602. The summed E-state index contributed by atoms with van der Waals surface area (Å²) in [5, 5.41) is 5.53. The molecule has 33 heavy (non-hydrogen) atoms. The number of halogens is 1. The highest BCUT2D eigenvalue weighted by Gasteiger charge is 2.33. The van der Waals surface area contributed by atoms with E-state index in [1.54, 1.807) is 61.5 Å². The zero-order valence-electron chi connectivity index (χ0n) is 17.9. The number of fused-ring (bicyclic) bond motifs is 1. The molecule has 3 aromatic rings. The Hall–Kier alpha value is -4.20. The molecule has 0 saturated heterocycles. The van der Waals surface area contributed by atoms with Crippen LogP contribution in [0.2, 0.25) is 0 Å². The van der Waals surface area contributed by atoms with Crippen molar-refractivity contribution < 1.29 is 23.5 Å². The van der Waals surface area contributed by atoms with Crippen LogP contribution in [0.3, 0.4) is 0 Å². The molecule has 0 spiro atoms. The minimum Gasteiger partial charge on any atom is -0.479 e. The predicted octanol–water partition coefficient (Wildman–Crippen LogP) is 3.76. The van der Waals surface area contributed by atoms with Crippen molar-refractivity contribution in [1.82, 2.24) is 0 Å². The molecule has 0 fully saturated rings. The number of carbonyl (C=O) groups excluding carboxylic acids is 3. The summed E-state index contributed by atoms with van der Waals surface area (Å²) >= 11 is 0. The van der Waals surface area contributed by atoms with E-state index in [-0.39, 0.29) is 36.5 Å². The first-order valence-corrected chi connectivity index (χ1v) is 10.4. The van der Waals surface area contributed by atoms with E-state index >= 15 is 0 Å². The molecular formula is C25H22FN3O4. The van der Waals surface area contributed by atoms with E-state index in [2.05, 4.69) is 10.6 Å². The lowest BCUT2D eigenvalue weighted by atomic mass is 10.1. The molecule has 0 radical (unpaired) electrons. The van der Waals surface area contributed by atoms with Crippen LogP contribution in [0.1, 0.15) is 12.5 Å². The zero-order valence-corrected chi connectivity index (χ0v) is 17.9. The molecule has 0 aromatic heterocycles. The third-order valence-electron chi connectivity index (χ3n) is 5.09. The maximum absolute atomic E-state index is 13.1. The van der Waals surface area contributed by atoms with Gasteiger partial charge >= 0.3 is 0 Å². The third kappa shape index (κ3) is 5.35. The van der Waals surface area contributed by atoms with E-state index in [1.165, 1.54) is 17.0 Å². The number of hydrogen-bond donors (Lipinski definition) is 2. The van der Waals surface area contributed by atoms with Gasteiger partial charge in [-0.05, 0) is 55.0 Å². The molecule has 0 saturated carbocycles. The van der Waals surface area contributed by atoms with Crippen LogP contribution in [0.5, 0.6) is 5.75 Å². The van der Waals surface area contributed by atoms with Gasteiger partial charge in [-0.15, -0.1) is 0 Å². The summed E-state index contributed by atoms with van der Waals surface area (Å²) in [6.45, 7) is 1.41. The Bertz CT molecular complexity index is 1180. The van der Waals surface area contributed by atoms with Gasteiger partial charge in [0.25, 0.3) is 5.91 Å². The van der Waals surface area contributed by atoms with E-state index in [9.17, 15) is 18.8 Å². The molecule has 0 aliphatic carbocycles. The third-order valence-corrected chi connectivity index (χ3v) is 5.09. The van der Waals surface area contributed by atoms with Crippen LogP contribution in [0.4, 0.5) is 21.5 Å². The van der Waals surface area contributed by atoms with Gasteiger partial charge in [-0.1, -0.05) is 30.3 Å². The lowest BCUT2D eigenvalue weighted by molar-refractivity contribution is -0.127. The molecule has 8 heteroatoms. The molecule has 1 heterocycles. The maximum atomic E-state index is 13.1. The molecule has 0 bridgehead atoms. The highest BCUT2D eigenvalue weighted by atomic mass is 19.1. The summed E-state index contributed by atoms with van der Waals surface area (Å²) < 4.78 is 18.7. The van der Waals surface area contributed by atoms with Gasteiger partial charge < -0.3 is 15.4 Å². The number of nitrogens with one attached hydrogen (secondary N) is 2. The lowest BCUT2D eigenvalue weighted by Gasteiger charge is -2.33. The molecule has 1 unspecified atom stereocenters. The Balaban J connectivity index is 1.50. The van der Waals surface area contributed by atoms with Crippen LogP contribution in [0, 0.1) is 5.82 Å². The molecule has 3 aromatic carbocycles. The summed E-state index contributed by atoms with van der Waals surface area (Å²) in [6.07, 6.45) is -0.687. The van der Waals surface area contributed by atoms with Crippen molar-refractivity contribution in [2.45, 2.75) is 19.4 Å². The predicted molar refractivity (Wildman–Crippen MR) is 123 cm³/mol. The number of benzene rings is 3. The first-order chi connectivity index (χ1) is 15.9. The van der Waals surface area contributed by atoms with Crippen molar-refractivity contribution in [3.63, 3.8) is 0 Å². The first kappa shape index (κ1) is 22.0. The molecule has 1 atom stereocenters. The van der Waals surface area contributed by atoms with Gasteiger partial charge in [-0.25, -0.2) is 4.39 Å². The minimum atomic E-state index is -0.749. The second-order valence-corrected chi connectivity index (χ2v) is 7.63. The first-order valence-electron chi connectivity index (χ1n) is 10.4. The number of carbonyl (C=O) groups is 3. The molecular weight excluding hydrogens is 425 g/mol. The maximum Gasteiger partial charge on any atom is 0.268 e. The van der Waals surface area contributed by atoms with Gasteiger partial charge in [0.1, 0.15) is 18.1 Å². The molecule has 1 aliphatic heterocycles. The fourth-order valence-electron chi connectivity index (χ4n) is 3.51. The molecule has 7 nitrogen and oxygen atoms in total. The Labute approximate surface area is 190 Å². The van der Waals surface area contributed by atoms with Crippen LogP contribution < -0.4 is 20.3 Å². The summed E-state index contributed by atoms with van der Waals surface area (Å²) in [7, 11) is 0. The van der Waals surface area contributed by atoms with Gasteiger partial charge in [0.05, 0.1) is 12.1 Å². The molecule has 4 rings (SSSR count). The van der Waals surface area contributed by atoms with Gasteiger partial charge in [-0.3, -0.25) is 19.3 Å². The van der Waals surface area contributed by atoms with Crippen LogP contribution in [-0.2, 0) is 20.8 Å². The average molecular weight is 447 g/mol. The van der Waals surface area contributed by atoms with Crippen molar-refractivity contribution in [3.05, 3.63) is 84.2 Å². The summed E-state index contributed by atoms with van der Waals surface area (Å²) in [4.78, 5) is 39.1. The zero-order chi connectivity index (χ0) is 23.4. The van der Waals surface area contributed by atoms with Crippen LogP contribution in [0.25, 0.3) is 0 Å². The number of rotatable bonds is 6. The molecule has 3 amide bonds. The minimum absolute atomic E-state index is 0.0625. The average Bonchev–Trinajstić information content (AvgIpc) is 2.79. The van der Waals surface area contributed by atoms with E-state index in [0.717, 1.165) is 0 Å². The summed E-state index contributed by atoms with van der Waals surface area (Å²) in [6, 6.07) is 19.5. The number of ether oxygens (including phenoxy) is 1. The second-order valence-electron chi connectivity index (χ2n) is 7.63. The van der Waals surface area contributed by atoms with E-state index in [0.29, 0.717) is 28.4 Å². The molecule has 2 N–H and O–H groups in total. The second kappa shape index (κ2) is 9.52. The van der Waals surface area contributed by atoms with E-state index < -0.39 is 6.10 Å². The van der Waals surface area contributed by atoms with Crippen molar-refractivity contribution in [2.75, 3.05) is 22.1 Å². The fourth-order valence-corrected chi connectivity index (χ4v) is 3.51. The number of anilines is 3. The topological polar surface area (TPSA) is 87.7 Å². The Morgan fingerprint density at radius 2 is 1.64 bits per heavy atom. The van der Waals surface area contributed by atoms with Crippen molar-refractivity contribution in [2.24, 2.45) is 0 Å². The van der Waals surface area contributed by atoms with Gasteiger partial charge in [0, 0.05) is 11.4 Å². The molecule has 1 aliphatic rings. The van der Waals surface area contributed by atoms with Gasteiger partial charge in [0.15, 0.2) is 6.10 Å².